The summed E-state index contributed by atoms with van der Waals surface area (Å²) >= 11 is 0. The molecule has 5 heteroatoms. The smallest absolute Gasteiger partial charge is 0.304 e. The lowest BCUT2D eigenvalue weighted by molar-refractivity contribution is -0.143. The molecule has 0 aromatic heterocycles. The standard InChI is InChI=1S/C10H21F3N2/c1-9(2)15(4)7-5-6-14(3)8-10(11,12)13/h9H,5-8H2,1-4H3. The highest BCUT2D eigenvalue weighted by Crippen LogP contribution is 2.15. The average Bonchev–Trinajstić information content (AvgIpc) is 2.00. The maximum Gasteiger partial charge on any atom is 0.401 e. The lowest BCUT2D eigenvalue weighted by Crippen LogP contribution is -2.34. The predicted molar refractivity (Wildman–Crippen MR) is 55.9 cm³/mol. The molecule has 0 radical (unpaired) electrons. The van der Waals surface area contributed by atoms with Crippen LogP contribution in [0.4, 0.5) is 13.2 Å². The van der Waals surface area contributed by atoms with Crippen LogP contribution in [-0.2, 0) is 0 Å². The van der Waals surface area contributed by atoms with Gasteiger partial charge in [0.25, 0.3) is 0 Å². The van der Waals surface area contributed by atoms with Crippen LogP contribution >= 0.6 is 0 Å². The van der Waals surface area contributed by atoms with Crippen LogP contribution < -0.4 is 0 Å². The van der Waals surface area contributed by atoms with Crippen molar-refractivity contribution in [2.45, 2.75) is 32.5 Å². The Morgan fingerprint density at radius 3 is 2.00 bits per heavy atom. The lowest BCUT2D eigenvalue weighted by Gasteiger charge is -2.23. The van der Waals surface area contributed by atoms with Crippen molar-refractivity contribution in [3.05, 3.63) is 0 Å². The van der Waals surface area contributed by atoms with Crippen LogP contribution in [0.25, 0.3) is 0 Å². The molecule has 0 unspecified atom stereocenters. The number of hydrogen-bond donors (Lipinski definition) is 0. The zero-order valence-electron chi connectivity index (χ0n) is 9.93. The second kappa shape index (κ2) is 6.33. The molecule has 0 spiro atoms. The third-order valence-corrected chi connectivity index (χ3v) is 2.38. The first-order valence-electron chi connectivity index (χ1n) is 5.18. The zero-order valence-corrected chi connectivity index (χ0v) is 9.93. The summed E-state index contributed by atoms with van der Waals surface area (Å²) in [5.41, 5.74) is 0. The van der Waals surface area contributed by atoms with Gasteiger partial charge in [-0.3, -0.25) is 4.90 Å². The SMILES string of the molecule is CC(C)N(C)CCCN(C)CC(F)(F)F. The molecule has 0 N–H and O–H groups in total. The normalized spacial score (nSPS) is 13.2. The summed E-state index contributed by atoms with van der Waals surface area (Å²) in [6.45, 7) is 4.63. The monoisotopic (exact) mass is 226 g/mol. The van der Waals surface area contributed by atoms with Gasteiger partial charge in [-0.15, -0.1) is 0 Å². The van der Waals surface area contributed by atoms with E-state index in [9.17, 15) is 13.2 Å². The molecule has 0 aliphatic carbocycles. The Morgan fingerprint density at radius 1 is 1.07 bits per heavy atom. The Balaban J connectivity index is 3.60. The Kier molecular flexibility index (Phi) is 6.20. The number of halogens is 3. The molecule has 0 aromatic carbocycles. The van der Waals surface area contributed by atoms with Crippen LogP contribution in [-0.4, -0.2) is 55.7 Å². The van der Waals surface area contributed by atoms with E-state index in [-0.39, 0.29) is 0 Å². The van der Waals surface area contributed by atoms with Gasteiger partial charge in [0, 0.05) is 6.04 Å². The van der Waals surface area contributed by atoms with Gasteiger partial charge in [0.2, 0.25) is 0 Å². The fraction of sp³-hybridized carbons (Fsp3) is 1.00. The van der Waals surface area contributed by atoms with Crippen molar-refractivity contribution in [1.29, 1.82) is 0 Å². The molecule has 0 rings (SSSR count). The van der Waals surface area contributed by atoms with Crippen LogP contribution in [0, 0.1) is 0 Å². The van der Waals surface area contributed by atoms with E-state index in [1.54, 1.807) is 0 Å². The molecule has 0 amide bonds. The first-order valence-corrected chi connectivity index (χ1v) is 5.18. The Morgan fingerprint density at radius 2 is 1.60 bits per heavy atom. The molecule has 0 saturated carbocycles. The van der Waals surface area contributed by atoms with Crippen LogP contribution in [0.1, 0.15) is 20.3 Å². The van der Waals surface area contributed by atoms with Gasteiger partial charge in [-0.25, -0.2) is 0 Å². The van der Waals surface area contributed by atoms with E-state index in [1.807, 2.05) is 7.05 Å². The van der Waals surface area contributed by atoms with Crippen molar-refractivity contribution in [1.82, 2.24) is 9.80 Å². The molecule has 0 aliphatic rings. The van der Waals surface area contributed by atoms with Crippen molar-refractivity contribution in [2.24, 2.45) is 0 Å². The van der Waals surface area contributed by atoms with Crippen molar-refractivity contribution in [3.8, 4) is 0 Å². The van der Waals surface area contributed by atoms with E-state index in [1.165, 1.54) is 11.9 Å². The van der Waals surface area contributed by atoms with E-state index in [0.29, 0.717) is 12.6 Å². The molecule has 0 aliphatic heterocycles. The minimum Gasteiger partial charge on any atom is -0.304 e. The van der Waals surface area contributed by atoms with E-state index >= 15 is 0 Å². The molecule has 0 heterocycles. The van der Waals surface area contributed by atoms with Crippen LogP contribution in [0.2, 0.25) is 0 Å². The first kappa shape index (κ1) is 14.7. The summed E-state index contributed by atoms with van der Waals surface area (Å²) in [5, 5.41) is 0. The largest absolute Gasteiger partial charge is 0.401 e. The molecule has 0 aromatic rings. The molecule has 0 saturated heterocycles. The minimum absolute atomic E-state index is 0.443. The molecule has 0 bridgehead atoms. The van der Waals surface area contributed by atoms with E-state index in [4.69, 9.17) is 0 Å². The maximum absolute atomic E-state index is 12.0. The number of nitrogens with zero attached hydrogens (tertiary/aromatic N) is 2. The zero-order chi connectivity index (χ0) is 12.1. The molecule has 92 valence electrons. The van der Waals surface area contributed by atoms with Crippen molar-refractivity contribution in [3.63, 3.8) is 0 Å². The summed E-state index contributed by atoms with van der Waals surface area (Å²) in [6.07, 6.45) is -3.32. The molecular formula is C10H21F3N2. The second-order valence-corrected chi connectivity index (χ2v) is 4.28. The molecule has 2 nitrogen and oxygen atoms in total. The van der Waals surface area contributed by atoms with Gasteiger partial charge in [0.15, 0.2) is 0 Å². The van der Waals surface area contributed by atoms with Gasteiger partial charge in [-0.05, 0) is 47.5 Å². The van der Waals surface area contributed by atoms with Gasteiger partial charge >= 0.3 is 6.18 Å². The highest BCUT2D eigenvalue weighted by Gasteiger charge is 2.28. The highest BCUT2D eigenvalue weighted by atomic mass is 19.4. The van der Waals surface area contributed by atoms with E-state index in [2.05, 4.69) is 18.7 Å². The first-order chi connectivity index (χ1) is 6.72. The highest BCUT2D eigenvalue weighted by molar-refractivity contribution is 4.62. The summed E-state index contributed by atoms with van der Waals surface area (Å²) in [6, 6.07) is 0.443. The van der Waals surface area contributed by atoms with Gasteiger partial charge in [-0.1, -0.05) is 0 Å². The van der Waals surface area contributed by atoms with Crippen LogP contribution in [0.5, 0.6) is 0 Å². The van der Waals surface area contributed by atoms with Crippen LogP contribution in [0.3, 0.4) is 0 Å². The molecular weight excluding hydrogens is 205 g/mol. The Labute approximate surface area is 90.0 Å². The summed E-state index contributed by atoms with van der Waals surface area (Å²) in [5.74, 6) is 0. The topological polar surface area (TPSA) is 6.48 Å². The van der Waals surface area contributed by atoms with Gasteiger partial charge in [0.1, 0.15) is 0 Å². The number of alkyl halides is 3. The number of hydrogen-bond acceptors (Lipinski definition) is 2. The summed E-state index contributed by atoms with van der Waals surface area (Å²) in [4.78, 5) is 3.44. The van der Waals surface area contributed by atoms with Crippen molar-refractivity contribution in [2.75, 3.05) is 33.7 Å². The maximum atomic E-state index is 12.0. The van der Waals surface area contributed by atoms with E-state index < -0.39 is 12.7 Å². The average molecular weight is 226 g/mol. The van der Waals surface area contributed by atoms with E-state index in [0.717, 1.165) is 13.0 Å². The summed E-state index contributed by atoms with van der Waals surface area (Å²) in [7, 11) is 3.48. The third kappa shape index (κ3) is 8.69. The predicted octanol–water partition coefficient (Wildman–Crippen LogP) is 2.21. The lowest BCUT2D eigenvalue weighted by atomic mass is 10.3. The minimum atomic E-state index is -4.08. The van der Waals surface area contributed by atoms with Crippen molar-refractivity contribution < 1.29 is 13.2 Å². The quantitative estimate of drug-likeness (QED) is 0.685. The molecule has 0 fully saturated rings. The Bertz CT molecular complexity index is 169. The Hall–Kier alpha value is -0.290. The van der Waals surface area contributed by atoms with Crippen LogP contribution in [0.15, 0.2) is 0 Å². The molecule has 15 heavy (non-hydrogen) atoms. The van der Waals surface area contributed by atoms with Gasteiger partial charge in [0.05, 0.1) is 6.54 Å². The fourth-order valence-electron chi connectivity index (χ4n) is 1.23. The van der Waals surface area contributed by atoms with Crippen molar-refractivity contribution >= 4 is 0 Å². The van der Waals surface area contributed by atoms with Gasteiger partial charge in [-0.2, -0.15) is 13.2 Å². The molecule has 0 atom stereocenters. The van der Waals surface area contributed by atoms with Gasteiger partial charge < -0.3 is 4.90 Å². The number of rotatable bonds is 6. The second-order valence-electron chi connectivity index (χ2n) is 4.28. The fourth-order valence-corrected chi connectivity index (χ4v) is 1.23. The summed E-state index contributed by atoms with van der Waals surface area (Å²) < 4.78 is 35.9. The third-order valence-electron chi connectivity index (χ3n) is 2.38.